The van der Waals surface area contributed by atoms with Crippen LogP contribution in [0.4, 0.5) is 10.1 Å². The Labute approximate surface area is 161 Å². The van der Waals surface area contributed by atoms with Gasteiger partial charge in [0.25, 0.3) is 0 Å². The zero-order valence-electron chi connectivity index (χ0n) is 13.6. The molecule has 0 unspecified atom stereocenters. The quantitative estimate of drug-likeness (QED) is 0.517. The summed E-state index contributed by atoms with van der Waals surface area (Å²) in [5.41, 5.74) is 2.69. The van der Waals surface area contributed by atoms with E-state index in [1.165, 1.54) is 17.8 Å². The maximum absolute atomic E-state index is 14.1. The first kappa shape index (κ1) is 18.2. The molecule has 0 fully saturated rings. The zero-order chi connectivity index (χ0) is 17.6. The van der Waals surface area contributed by atoms with Gasteiger partial charge in [-0.1, -0.05) is 48.7 Å². The summed E-state index contributed by atoms with van der Waals surface area (Å²) < 4.78 is 14.1. The van der Waals surface area contributed by atoms with Gasteiger partial charge in [0, 0.05) is 39.7 Å². The Kier molecular flexibility index (Phi) is 5.00. The first-order chi connectivity index (χ1) is 11.2. The van der Waals surface area contributed by atoms with Gasteiger partial charge >= 0.3 is 0 Å². The van der Waals surface area contributed by atoms with Gasteiger partial charge < -0.3 is 4.90 Å². The highest BCUT2D eigenvalue weighted by Crippen LogP contribution is 2.47. The largest absolute Gasteiger partial charge is 0.366 e. The van der Waals surface area contributed by atoms with Crippen LogP contribution in [0.25, 0.3) is 0 Å². The van der Waals surface area contributed by atoms with Crippen molar-refractivity contribution in [1.29, 1.82) is 0 Å². The second kappa shape index (κ2) is 6.60. The molecular formula is C18H17Cl3FNS. The fourth-order valence-corrected chi connectivity index (χ4v) is 4.63. The van der Waals surface area contributed by atoms with E-state index in [1.807, 2.05) is 12.3 Å². The summed E-state index contributed by atoms with van der Waals surface area (Å²) in [5, 5.41) is 1.72. The number of nitrogens with zero attached hydrogens (tertiary/aromatic N) is 1. The van der Waals surface area contributed by atoms with E-state index in [0.29, 0.717) is 26.5 Å². The van der Waals surface area contributed by atoms with Crippen LogP contribution < -0.4 is 4.90 Å². The Balaban J connectivity index is 2.00. The van der Waals surface area contributed by atoms with Gasteiger partial charge in [-0.3, -0.25) is 0 Å². The number of fused-ring (bicyclic) bond motifs is 1. The van der Waals surface area contributed by atoms with Crippen LogP contribution in [0, 0.1) is 5.82 Å². The first-order valence-electron chi connectivity index (χ1n) is 7.50. The Hall–Kier alpha value is -0.610. The molecule has 1 heterocycles. The van der Waals surface area contributed by atoms with Crippen molar-refractivity contribution in [3.8, 4) is 0 Å². The Morgan fingerprint density at radius 1 is 1.17 bits per heavy atom. The van der Waals surface area contributed by atoms with Crippen molar-refractivity contribution in [3.63, 3.8) is 0 Å². The zero-order valence-corrected chi connectivity index (χ0v) is 16.7. The molecule has 2 aromatic carbocycles. The van der Waals surface area contributed by atoms with Crippen molar-refractivity contribution in [3.05, 3.63) is 56.3 Å². The lowest BCUT2D eigenvalue weighted by atomic mass is 9.87. The molecule has 0 radical (unpaired) electrons. The van der Waals surface area contributed by atoms with Crippen molar-refractivity contribution in [1.82, 2.24) is 0 Å². The molecule has 3 rings (SSSR count). The minimum atomic E-state index is -0.241. The van der Waals surface area contributed by atoms with Crippen LogP contribution >= 0.6 is 46.6 Å². The van der Waals surface area contributed by atoms with Gasteiger partial charge in [-0.05, 0) is 36.1 Å². The van der Waals surface area contributed by atoms with E-state index in [2.05, 4.69) is 18.7 Å². The van der Waals surface area contributed by atoms with Crippen molar-refractivity contribution in [2.24, 2.45) is 0 Å². The fraction of sp³-hybridized carbons (Fsp3) is 0.333. The highest BCUT2D eigenvalue weighted by Gasteiger charge is 2.37. The highest BCUT2D eigenvalue weighted by molar-refractivity contribution is 7.98. The number of hydrogen-bond acceptors (Lipinski definition) is 2. The summed E-state index contributed by atoms with van der Waals surface area (Å²) in [6, 6.07) is 6.99. The molecule has 0 N–H and O–H groups in total. The van der Waals surface area contributed by atoms with Crippen molar-refractivity contribution >= 4 is 52.3 Å². The van der Waals surface area contributed by atoms with Crippen LogP contribution in [-0.2, 0) is 12.0 Å². The van der Waals surface area contributed by atoms with E-state index in [1.54, 1.807) is 12.1 Å². The lowest BCUT2D eigenvalue weighted by Gasteiger charge is -2.23. The molecule has 1 aliphatic rings. The lowest BCUT2D eigenvalue weighted by Crippen LogP contribution is -2.28. The van der Waals surface area contributed by atoms with Gasteiger partial charge in [-0.25, -0.2) is 4.39 Å². The van der Waals surface area contributed by atoms with E-state index in [0.717, 1.165) is 23.4 Å². The molecule has 0 amide bonds. The molecule has 2 aromatic rings. The lowest BCUT2D eigenvalue weighted by molar-refractivity contribution is 0.549. The molecule has 128 valence electrons. The second-order valence-corrected chi connectivity index (χ2v) is 8.61. The summed E-state index contributed by atoms with van der Waals surface area (Å²) in [6.45, 7) is 5.56. The molecule has 0 saturated heterocycles. The average molecular weight is 405 g/mol. The Morgan fingerprint density at radius 3 is 2.54 bits per heavy atom. The highest BCUT2D eigenvalue weighted by atomic mass is 35.5. The molecule has 1 aliphatic heterocycles. The Bertz CT molecular complexity index is 807. The van der Waals surface area contributed by atoms with E-state index in [4.69, 9.17) is 34.8 Å². The number of halogens is 4. The molecule has 24 heavy (non-hydrogen) atoms. The summed E-state index contributed by atoms with van der Waals surface area (Å²) >= 11 is 20.3. The second-order valence-electron chi connectivity index (χ2n) is 6.57. The topological polar surface area (TPSA) is 3.24 Å². The molecule has 0 saturated carbocycles. The van der Waals surface area contributed by atoms with Gasteiger partial charge in [0.1, 0.15) is 5.82 Å². The normalized spacial score (nSPS) is 15.7. The average Bonchev–Trinajstić information content (AvgIpc) is 2.77. The van der Waals surface area contributed by atoms with Crippen LogP contribution in [0.5, 0.6) is 0 Å². The molecule has 0 spiro atoms. The monoisotopic (exact) mass is 403 g/mol. The standard InChI is InChI=1S/C18H17Cl3FNS/c1-18(2)9-23(14-5-4-11(19)17(21)16(14)18)8-10-6-13(22)15(24-3)7-12(10)20/h4-7H,8-9H2,1-3H3. The summed E-state index contributed by atoms with van der Waals surface area (Å²) in [5.74, 6) is -0.241. The van der Waals surface area contributed by atoms with Crippen LogP contribution in [0.1, 0.15) is 25.0 Å². The third-order valence-electron chi connectivity index (χ3n) is 4.36. The van der Waals surface area contributed by atoms with Gasteiger partial charge in [-0.15, -0.1) is 11.8 Å². The molecule has 1 nitrogen and oxygen atoms in total. The number of hydrogen-bond donors (Lipinski definition) is 0. The summed E-state index contributed by atoms with van der Waals surface area (Å²) in [7, 11) is 0. The van der Waals surface area contributed by atoms with E-state index >= 15 is 0 Å². The Morgan fingerprint density at radius 2 is 1.88 bits per heavy atom. The van der Waals surface area contributed by atoms with Gasteiger partial charge in [0.2, 0.25) is 0 Å². The SMILES string of the molecule is CSc1cc(Cl)c(CN2CC(C)(C)c3c2ccc(Cl)c3Cl)cc1F. The van der Waals surface area contributed by atoms with Crippen LogP contribution in [0.15, 0.2) is 29.2 Å². The minimum Gasteiger partial charge on any atom is -0.366 e. The smallest absolute Gasteiger partial charge is 0.137 e. The molecular weight excluding hydrogens is 388 g/mol. The van der Waals surface area contributed by atoms with Crippen LogP contribution in [-0.4, -0.2) is 12.8 Å². The van der Waals surface area contributed by atoms with E-state index < -0.39 is 0 Å². The number of thioether (sulfide) groups is 1. The predicted octanol–water partition coefficient (Wildman–Crippen LogP) is 6.81. The van der Waals surface area contributed by atoms with E-state index in [-0.39, 0.29) is 11.2 Å². The van der Waals surface area contributed by atoms with Gasteiger partial charge in [0.15, 0.2) is 0 Å². The van der Waals surface area contributed by atoms with Crippen molar-refractivity contribution in [2.75, 3.05) is 17.7 Å². The molecule has 0 bridgehead atoms. The van der Waals surface area contributed by atoms with Gasteiger partial charge in [0.05, 0.1) is 10.0 Å². The van der Waals surface area contributed by atoms with Crippen LogP contribution in [0.3, 0.4) is 0 Å². The maximum Gasteiger partial charge on any atom is 0.137 e. The molecule has 0 aliphatic carbocycles. The first-order valence-corrected chi connectivity index (χ1v) is 9.86. The van der Waals surface area contributed by atoms with Crippen molar-refractivity contribution < 1.29 is 4.39 Å². The van der Waals surface area contributed by atoms with E-state index in [9.17, 15) is 4.39 Å². The van der Waals surface area contributed by atoms with Crippen molar-refractivity contribution in [2.45, 2.75) is 30.7 Å². The number of rotatable bonds is 3. The minimum absolute atomic E-state index is 0.137. The third-order valence-corrected chi connectivity index (χ3v) is 6.27. The third kappa shape index (κ3) is 3.12. The fourth-order valence-electron chi connectivity index (χ4n) is 3.28. The molecule has 0 aromatic heterocycles. The van der Waals surface area contributed by atoms with Gasteiger partial charge in [-0.2, -0.15) is 0 Å². The molecule has 0 atom stereocenters. The maximum atomic E-state index is 14.1. The number of anilines is 1. The molecule has 6 heteroatoms. The predicted molar refractivity (Wildman–Crippen MR) is 104 cm³/mol. The van der Waals surface area contributed by atoms with Crippen LogP contribution in [0.2, 0.25) is 15.1 Å². The number of benzene rings is 2. The summed E-state index contributed by atoms with van der Waals surface area (Å²) in [4.78, 5) is 2.73. The summed E-state index contributed by atoms with van der Waals surface area (Å²) in [6.07, 6.45) is 1.83.